The van der Waals surface area contributed by atoms with E-state index in [2.05, 4.69) is 133 Å². The summed E-state index contributed by atoms with van der Waals surface area (Å²) in [6.07, 6.45) is 7.08. The van der Waals surface area contributed by atoms with Crippen LogP contribution < -0.4 is 10.4 Å². The predicted molar refractivity (Wildman–Crippen MR) is 165 cm³/mol. The summed E-state index contributed by atoms with van der Waals surface area (Å²) in [5.74, 6) is 0. The van der Waals surface area contributed by atoms with Crippen LogP contribution in [-0.2, 0) is 0 Å². The molecule has 8 rings (SSSR count). The normalized spacial score (nSPS) is 12.9. The molecule has 178 valence electrons. The van der Waals surface area contributed by atoms with Crippen molar-refractivity contribution in [2.45, 2.75) is 12.8 Å². The molecule has 7 aromatic rings. The minimum atomic E-state index is 1.09. The summed E-state index contributed by atoms with van der Waals surface area (Å²) in [5, 5.41) is 13.2. The quantitative estimate of drug-likeness (QED) is 0.216. The molecule has 0 spiro atoms. The summed E-state index contributed by atoms with van der Waals surface area (Å²) in [7, 11) is 0. The highest BCUT2D eigenvalue weighted by Crippen LogP contribution is 2.43. The van der Waals surface area contributed by atoms with E-state index in [1.54, 1.807) is 0 Å². The lowest BCUT2D eigenvalue weighted by molar-refractivity contribution is 1.12. The smallest absolute Gasteiger partial charge is 0.00200 e. The highest BCUT2D eigenvalue weighted by Gasteiger charge is 2.18. The van der Waals surface area contributed by atoms with Crippen molar-refractivity contribution >= 4 is 55.2 Å². The van der Waals surface area contributed by atoms with E-state index in [0.717, 1.165) is 12.8 Å². The van der Waals surface area contributed by atoms with Gasteiger partial charge in [0.05, 0.1) is 0 Å². The largest absolute Gasteiger partial charge is 0.0757 e. The minimum absolute atomic E-state index is 1.09. The van der Waals surface area contributed by atoms with Gasteiger partial charge in [0.2, 0.25) is 0 Å². The van der Waals surface area contributed by atoms with Crippen molar-refractivity contribution in [3.63, 3.8) is 0 Å². The number of hydrogen-bond donors (Lipinski definition) is 0. The van der Waals surface area contributed by atoms with Gasteiger partial charge in [-0.1, -0.05) is 121 Å². The molecule has 1 aliphatic rings. The SMILES string of the molecule is C1=c2c(-c3c4ccccc4c(-c4ccc5ccccc5c4)c4ccccc34)cc3ccccc3c2=CCC1. The fraction of sp³-hybridized carbons (Fsp3) is 0.0526. The summed E-state index contributed by atoms with van der Waals surface area (Å²) in [6.45, 7) is 0. The van der Waals surface area contributed by atoms with Gasteiger partial charge in [-0.05, 0) is 101 Å². The van der Waals surface area contributed by atoms with E-state index in [0.29, 0.717) is 0 Å². The molecular formula is C38H26. The second kappa shape index (κ2) is 8.43. The molecule has 0 saturated heterocycles. The lowest BCUT2D eigenvalue weighted by atomic mass is 9.84. The third-order valence-electron chi connectivity index (χ3n) is 8.23. The van der Waals surface area contributed by atoms with Crippen molar-refractivity contribution in [2.75, 3.05) is 0 Å². The zero-order valence-electron chi connectivity index (χ0n) is 21.1. The van der Waals surface area contributed by atoms with Crippen LogP contribution in [0.1, 0.15) is 12.8 Å². The molecule has 38 heavy (non-hydrogen) atoms. The van der Waals surface area contributed by atoms with Crippen molar-refractivity contribution in [1.29, 1.82) is 0 Å². The summed E-state index contributed by atoms with van der Waals surface area (Å²) in [4.78, 5) is 0. The molecule has 0 unspecified atom stereocenters. The molecule has 0 saturated carbocycles. The van der Waals surface area contributed by atoms with Crippen LogP contribution in [0.15, 0.2) is 121 Å². The van der Waals surface area contributed by atoms with Crippen molar-refractivity contribution in [3.8, 4) is 22.3 Å². The van der Waals surface area contributed by atoms with Crippen molar-refractivity contribution in [2.24, 2.45) is 0 Å². The maximum absolute atomic E-state index is 2.46. The van der Waals surface area contributed by atoms with Gasteiger partial charge in [0, 0.05) is 0 Å². The first-order valence-electron chi connectivity index (χ1n) is 13.5. The molecule has 7 aromatic carbocycles. The Balaban J connectivity index is 1.55. The Morgan fingerprint density at radius 3 is 1.58 bits per heavy atom. The van der Waals surface area contributed by atoms with Crippen LogP contribution in [-0.4, -0.2) is 0 Å². The lowest BCUT2D eigenvalue weighted by Crippen LogP contribution is -2.29. The Hall–Kier alpha value is -4.68. The van der Waals surface area contributed by atoms with Gasteiger partial charge >= 0.3 is 0 Å². The molecule has 0 aromatic heterocycles. The molecule has 0 bridgehead atoms. The summed E-state index contributed by atoms with van der Waals surface area (Å²) >= 11 is 0. The lowest BCUT2D eigenvalue weighted by Gasteiger charge is -2.19. The van der Waals surface area contributed by atoms with E-state index in [1.807, 2.05) is 0 Å². The molecule has 0 nitrogen and oxygen atoms in total. The van der Waals surface area contributed by atoms with Crippen LogP contribution in [0.25, 0.3) is 77.5 Å². The number of benzene rings is 7. The zero-order valence-corrected chi connectivity index (χ0v) is 21.1. The average Bonchev–Trinajstić information content (AvgIpc) is 2.99. The van der Waals surface area contributed by atoms with Crippen molar-refractivity contribution in [1.82, 2.24) is 0 Å². The van der Waals surface area contributed by atoms with E-state index in [1.165, 1.54) is 75.8 Å². The van der Waals surface area contributed by atoms with Crippen LogP contribution >= 0.6 is 0 Å². The third-order valence-corrected chi connectivity index (χ3v) is 8.23. The molecule has 0 fully saturated rings. The Morgan fingerprint density at radius 1 is 0.368 bits per heavy atom. The minimum Gasteiger partial charge on any atom is -0.0757 e. The monoisotopic (exact) mass is 482 g/mol. The van der Waals surface area contributed by atoms with Gasteiger partial charge in [-0.25, -0.2) is 0 Å². The predicted octanol–water partition coefficient (Wildman–Crippen LogP) is 8.99. The Morgan fingerprint density at radius 2 is 0.895 bits per heavy atom. The first-order valence-corrected chi connectivity index (χ1v) is 13.5. The molecule has 0 amide bonds. The van der Waals surface area contributed by atoms with Crippen LogP contribution in [0, 0.1) is 0 Å². The van der Waals surface area contributed by atoms with Gasteiger partial charge in [-0.2, -0.15) is 0 Å². The summed E-state index contributed by atoms with van der Waals surface area (Å²) < 4.78 is 0. The van der Waals surface area contributed by atoms with Crippen LogP contribution in [0.3, 0.4) is 0 Å². The number of rotatable bonds is 2. The van der Waals surface area contributed by atoms with Gasteiger partial charge in [0.15, 0.2) is 0 Å². The maximum Gasteiger partial charge on any atom is -0.00200 e. The zero-order chi connectivity index (χ0) is 25.1. The summed E-state index contributed by atoms with van der Waals surface area (Å²) in [5.41, 5.74) is 5.26. The standard InChI is InChI=1S/C38H26/c1-2-12-26-23-28(22-21-25(26)11-1)37-32-17-7-9-19-34(32)38(35-20-10-8-18-33(35)37)36-24-27-13-3-4-14-29(27)30-15-5-6-16-31(30)36/h1-4,7-24H,5-6H2. The van der Waals surface area contributed by atoms with Crippen molar-refractivity contribution in [3.05, 3.63) is 132 Å². The molecule has 0 heterocycles. The van der Waals surface area contributed by atoms with Crippen molar-refractivity contribution < 1.29 is 0 Å². The second-order valence-electron chi connectivity index (χ2n) is 10.4. The maximum atomic E-state index is 2.46. The highest BCUT2D eigenvalue weighted by atomic mass is 14.2. The van der Waals surface area contributed by atoms with E-state index >= 15 is 0 Å². The fourth-order valence-corrected chi connectivity index (χ4v) is 6.57. The highest BCUT2D eigenvalue weighted by molar-refractivity contribution is 6.22. The topological polar surface area (TPSA) is 0 Å². The first-order chi connectivity index (χ1) is 18.9. The van der Waals surface area contributed by atoms with Gasteiger partial charge in [-0.3, -0.25) is 0 Å². The van der Waals surface area contributed by atoms with E-state index < -0.39 is 0 Å². The Bertz CT molecular complexity index is 2120. The molecule has 0 aliphatic heterocycles. The van der Waals surface area contributed by atoms with E-state index in [9.17, 15) is 0 Å². The number of hydrogen-bond acceptors (Lipinski definition) is 0. The van der Waals surface area contributed by atoms with Gasteiger partial charge < -0.3 is 0 Å². The summed E-state index contributed by atoms with van der Waals surface area (Å²) in [6, 6.07) is 44.8. The number of fused-ring (bicyclic) bond motifs is 6. The third kappa shape index (κ3) is 3.17. The van der Waals surface area contributed by atoms with Gasteiger partial charge in [0.25, 0.3) is 0 Å². The molecule has 0 heteroatoms. The van der Waals surface area contributed by atoms with Gasteiger partial charge in [0.1, 0.15) is 0 Å². The van der Waals surface area contributed by atoms with Crippen LogP contribution in [0.2, 0.25) is 0 Å². The fourth-order valence-electron chi connectivity index (χ4n) is 6.57. The molecule has 1 aliphatic carbocycles. The second-order valence-corrected chi connectivity index (χ2v) is 10.4. The van der Waals surface area contributed by atoms with Crippen LogP contribution in [0.5, 0.6) is 0 Å². The Labute approximate surface area is 221 Å². The van der Waals surface area contributed by atoms with Gasteiger partial charge in [-0.15, -0.1) is 0 Å². The Kier molecular flexibility index (Phi) is 4.75. The average molecular weight is 483 g/mol. The molecule has 0 atom stereocenters. The molecule has 0 radical (unpaired) electrons. The van der Waals surface area contributed by atoms with Crippen LogP contribution in [0.4, 0.5) is 0 Å². The molecule has 0 N–H and O–H groups in total. The van der Waals surface area contributed by atoms with E-state index in [-0.39, 0.29) is 0 Å². The van der Waals surface area contributed by atoms with E-state index in [4.69, 9.17) is 0 Å². The molecular weight excluding hydrogens is 456 g/mol. The first kappa shape index (κ1) is 21.4.